The van der Waals surface area contributed by atoms with Crippen LogP contribution in [0.15, 0.2) is 64.8 Å². The smallest absolute Gasteiger partial charge is 0.269 e. The molecule has 35 heavy (non-hydrogen) atoms. The van der Waals surface area contributed by atoms with Crippen molar-refractivity contribution in [1.82, 2.24) is 30.4 Å². The molecule has 178 valence electrons. The van der Waals surface area contributed by atoms with Gasteiger partial charge in [-0.3, -0.25) is 29.8 Å². The second-order valence-electron chi connectivity index (χ2n) is 7.76. The van der Waals surface area contributed by atoms with Crippen LogP contribution < -0.4 is 16.4 Å². The molecule has 0 radical (unpaired) electrons. The van der Waals surface area contributed by atoms with Gasteiger partial charge in [-0.2, -0.15) is 0 Å². The van der Waals surface area contributed by atoms with Gasteiger partial charge in [0.1, 0.15) is 12.4 Å². The number of amides is 2. The zero-order valence-electron chi connectivity index (χ0n) is 18.9. The van der Waals surface area contributed by atoms with Gasteiger partial charge in [-0.15, -0.1) is 0 Å². The molecule has 2 amide bonds. The first-order valence-corrected chi connectivity index (χ1v) is 11.5. The van der Waals surface area contributed by atoms with Crippen molar-refractivity contribution in [3.8, 4) is 0 Å². The molecule has 0 saturated heterocycles. The van der Waals surface area contributed by atoms with Crippen LogP contribution in [0.5, 0.6) is 0 Å². The van der Waals surface area contributed by atoms with E-state index in [1.165, 1.54) is 30.2 Å². The number of benzene rings is 2. The molecular weight excluding hydrogens is 471 g/mol. The second-order valence-corrected chi connectivity index (χ2v) is 8.70. The minimum absolute atomic E-state index is 0.0617. The van der Waals surface area contributed by atoms with Crippen LogP contribution >= 0.6 is 11.8 Å². The molecular formula is C24H21FN6O3S. The van der Waals surface area contributed by atoms with Crippen LogP contribution in [0.25, 0.3) is 10.9 Å². The highest BCUT2D eigenvalue weighted by Gasteiger charge is 2.11. The number of hydrazine groups is 1. The highest BCUT2D eigenvalue weighted by molar-refractivity contribution is 7.98. The molecule has 2 aromatic carbocycles. The summed E-state index contributed by atoms with van der Waals surface area (Å²) in [7, 11) is 0. The molecule has 2 aromatic heterocycles. The van der Waals surface area contributed by atoms with Crippen molar-refractivity contribution in [3.63, 3.8) is 0 Å². The van der Waals surface area contributed by atoms with Gasteiger partial charge in [-0.25, -0.2) is 19.3 Å². The Morgan fingerprint density at radius 3 is 2.43 bits per heavy atom. The zero-order valence-corrected chi connectivity index (χ0v) is 19.7. The van der Waals surface area contributed by atoms with Crippen LogP contribution in [-0.2, 0) is 17.1 Å². The molecule has 0 unspecified atom stereocenters. The van der Waals surface area contributed by atoms with E-state index in [9.17, 15) is 18.8 Å². The molecule has 4 rings (SSSR count). The fourth-order valence-corrected chi connectivity index (χ4v) is 4.20. The van der Waals surface area contributed by atoms with Crippen LogP contribution in [0.2, 0.25) is 0 Å². The summed E-state index contributed by atoms with van der Waals surface area (Å²) in [6.45, 7) is 3.45. The predicted molar refractivity (Wildman–Crippen MR) is 129 cm³/mol. The van der Waals surface area contributed by atoms with E-state index in [0.717, 1.165) is 27.6 Å². The quantitative estimate of drug-likeness (QED) is 0.241. The van der Waals surface area contributed by atoms with Gasteiger partial charge in [0.25, 0.3) is 17.4 Å². The number of carbonyl (C=O) groups is 2. The van der Waals surface area contributed by atoms with Crippen molar-refractivity contribution in [3.05, 3.63) is 93.5 Å². The van der Waals surface area contributed by atoms with E-state index in [1.54, 1.807) is 12.1 Å². The van der Waals surface area contributed by atoms with Crippen molar-refractivity contribution in [2.45, 2.75) is 31.3 Å². The van der Waals surface area contributed by atoms with Crippen LogP contribution in [-0.4, -0.2) is 31.3 Å². The Balaban J connectivity index is 1.31. The standard InChI is InChI=1S/C24H21FN6O3S/c1-14-9-15(2)28-24(27-14)35-12-16-3-5-17(6-4-16)22(33)30-29-21(32)11-31-13-26-20-8-7-18(25)10-19(20)23(31)34/h3-10,13H,11-12H2,1-2H3,(H,29,32)(H,30,33). The predicted octanol–water partition coefficient (Wildman–Crippen LogP) is 2.70. The third kappa shape index (κ3) is 6.07. The monoisotopic (exact) mass is 492 g/mol. The number of hydrogen-bond acceptors (Lipinski definition) is 7. The largest absolute Gasteiger partial charge is 0.289 e. The number of aryl methyl sites for hydroxylation is 2. The first-order chi connectivity index (χ1) is 16.8. The molecule has 0 spiro atoms. The van der Waals surface area contributed by atoms with E-state index in [1.807, 2.05) is 32.0 Å². The summed E-state index contributed by atoms with van der Waals surface area (Å²) in [4.78, 5) is 49.9. The van der Waals surface area contributed by atoms with Gasteiger partial charge in [0.05, 0.1) is 17.2 Å². The molecule has 0 fully saturated rings. The number of thioether (sulfide) groups is 1. The number of nitrogens with zero attached hydrogens (tertiary/aromatic N) is 4. The highest BCUT2D eigenvalue weighted by Crippen LogP contribution is 2.20. The number of fused-ring (bicyclic) bond motifs is 1. The molecule has 0 atom stereocenters. The molecule has 0 saturated carbocycles. The molecule has 2 N–H and O–H groups in total. The van der Waals surface area contributed by atoms with Crippen molar-refractivity contribution in [2.75, 3.05) is 0 Å². The third-order valence-corrected chi connectivity index (χ3v) is 5.88. The van der Waals surface area contributed by atoms with E-state index >= 15 is 0 Å². The molecule has 0 aliphatic heterocycles. The maximum Gasteiger partial charge on any atom is 0.269 e. The van der Waals surface area contributed by atoms with E-state index in [0.29, 0.717) is 22.0 Å². The average molecular weight is 493 g/mol. The summed E-state index contributed by atoms with van der Waals surface area (Å²) < 4.78 is 14.5. The number of hydrogen-bond donors (Lipinski definition) is 2. The lowest BCUT2D eigenvalue weighted by Gasteiger charge is -2.10. The van der Waals surface area contributed by atoms with E-state index in [-0.39, 0.29) is 5.39 Å². The summed E-state index contributed by atoms with van der Waals surface area (Å²) in [5.74, 6) is -1.09. The van der Waals surface area contributed by atoms with Crippen LogP contribution in [0.1, 0.15) is 27.3 Å². The SMILES string of the molecule is Cc1cc(C)nc(SCc2ccc(C(=O)NNC(=O)Cn3cnc4ccc(F)cc4c3=O)cc2)n1. The summed E-state index contributed by atoms with van der Waals surface area (Å²) in [5, 5.41) is 0.754. The van der Waals surface area contributed by atoms with Crippen LogP contribution in [0, 0.1) is 19.7 Å². The fraction of sp³-hybridized carbons (Fsp3) is 0.167. The minimum atomic E-state index is -0.639. The maximum absolute atomic E-state index is 13.4. The maximum atomic E-state index is 13.4. The minimum Gasteiger partial charge on any atom is -0.289 e. The Bertz CT molecular complexity index is 1450. The Morgan fingerprint density at radius 2 is 1.71 bits per heavy atom. The number of rotatable bonds is 6. The van der Waals surface area contributed by atoms with Crippen molar-refractivity contribution in [2.24, 2.45) is 0 Å². The lowest BCUT2D eigenvalue weighted by atomic mass is 10.1. The van der Waals surface area contributed by atoms with E-state index < -0.39 is 29.7 Å². The summed E-state index contributed by atoms with van der Waals surface area (Å²) in [5.41, 5.74) is 7.49. The van der Waals surface area contributed by atoms with Gasteiger partial charge in [0.2, 0.25) is 0 Å². The van der Waals surface area contributed by atoms with Gasteiger partial charge >= 0.3 is 0 Å². The van der Waals surface area contributed by atoms with Crippen molar-refractivity contribution >= 4 is 34.5 Å². The van der Waals surface area contributed by atoms with Crippen molar-refractivity contribution < 1.29 is 14.0 Å². The van der Waals surface area contributed by atoms with Gasteiger partial charge in [-0.05, 0) is 55.8 Å². The van der Waals surface area contributed by atoms with Crippen LogP contribution in [0.3, 0.4) is 0 Å². The van der Waals surface area contributed by atoms with Gasteiger partial charge < -0.3 is 0 Å². The lowest BCUT2D eigenvalue weighted by Crippen LogP contribution is -2.44. The molecule has 11 heteroatoms. The topological polar surface area (TPSA) is 119 Å². The number of carbonyl (C=O) groups excluding carboxylic acids is 2. The van der Waals surface area contributed by atoms with Gasteiger partial charge in [0.15, 0.2) is 5.16 Å². The summed E-state index contributed by atoms with van der Waals surface area (Å²) >= 11 is 1.50. The zero-order chi connectivity index (χ0) is 24.9. The first kappa shape index (κ1) is 24.0. The highest BCUT2D eigenvalue weighted by atomic mass is 32.2. The fourth-order valence-electron chi connectivity index (χ4n) is 3.30. The third-order valence-electron chi connectivity index (χ3n) is 4.96. The molecule has 0 aliphatic rings. The molecule has 9 nitrogen and oxygen atoms in total. The Labute approximate surface area is 203 Å². The van der Waals surface area contributed by atoms with Gasteiger partial charge in [-0.1, -0.05) is 23.9 Å². The average Bonchev–Trinajstić information content (AvgIpc) is 2.83. The van der Waals surface area contributed by atoms with E-state index in [2.05, 4.69) is 25.8 Å². The number of aromatic nitrogens is 4. The summed E-state index contributed by atoms with van der Waals surface area (Å²) in [6, 6.07) is 12.5. The van der Waals surface area contributed by atoms with Crippen molar-refractivity contribution in [1.29, 1.82) is 0 Å². The first-order valence-electron chi connectivity index (χ1n) is 10.6. The Kier molecular flexibility index (Phi) is 7.16. The lowest BCUT2D eigenvalue weighted by molar-refractivity contribution is -0.122. The Morgan fingerprint density at radius 1 is 1.00 bits per heavy atom. The number of halogens is 1. The molecule has 2 heterocycles. The Hall–Kier alpha value is -4.12. The number of nitrogens with one attached hydrogen (secondary N) is 2. The molecule has 0 aliphatic carbocycles. The van der Waals surface area contributed by atoms with Crippen LogP contribution in [0.4, 0.5) is 4.39 Å². The van der Waals surface area contributed by atoms with Gasteiger partial charge in [0, 0.05) is 22.7 Å². The van der Waals surface area contributed by atoms with E-state index in [4.69, 9.17) is 0 Å². The molecule has 4 aromatic rings. The summed E-state index contributed by atoms with van der Waals surface area (Å²) in [6.07, 6.45) is 1.20. The molecule has 0 bridgehead atoms. The normalized spacial score (nSPS) is 10.8. The second kappa shape index (κ2) is 10.4.